The average molecular weight is 415 g/mol. The molecule has 0 fully saturated rings. The highest BCUT2D eigenvalue weighted by Gasteiger charge is 2.46. The SMILES string of the molecule is C[C@@H]1SC(N)=N[C@](CF)(c2cc(NC(=O)c3ccc(C#N)cn3)ccc2F)[C@@H]1C. The maximum absolute atomic E-state index is 14.7. The number of aliphatic imine (C=N–C) groups is 1. The van der Waals surface area contributed by atoms with Gasteiger partial charge in [-0.25, -0.2) is 18.8 Å². The highest BCUT2D eigenvalue weighted by molar-refractivity contribution is 8.14. The number of alkyl halides is 1. The molecule has 0 aliphatic carbocycles. The van der Waals surface area contributed by atoms with E-state index in [1.807, 2.05) is 13.0 Å². The molecule has 3 N–H and O–H groups in total. The van der Waals surface area contributed by atoms with Gasteiger partial charge in [0.25, 0.3) is 5.91 Å². The molecule has 3 atom stereocenters. The Morgan fingerprint density at radius 3 is 2.76 bits per heavy atom. The van der Waals surface area contributed by atoms with Crippen molar-refractivity contribution < 1.29 is 13.6 Å². The molecule has 6 nitrogen and oxygen atoms in total. The van der Waals surface area contributed by atoms with Crippen molar-refractivity contribution in [2.75, 3.05) is 12.0 Å². The van der Waals surface area contributed by atoms with Gasteiger partial charge in [-0.15, -0.1) is 0 Å². The van der Waals surface area contributed by atoms with E-state index >= 15 is 0 Å². The molecule has 0 saturated heterocycles. The fourth-order valence-electron chi connectivity index (χ4n) is 3.26. The van der Waals surface area contributed by atoms with Crippen LogP contribution >= 0.6 is 11.8 Å². The third-order valence-corrected chi connectivity index (χ3v) is 6.21. The number of pyridine rings is 1. The number of benzene rings is 1. The lowest BCUT2D eigenvalue weighted by Gasteiger charge is -2.40. The monoisotopic (exact) mass is 415 g/mol. The molecule has 150 valence electrons. The quantitative estimate of drug-likeness (QED) is 0.794. The van der Waals surface area contributed by atoms with Crippen LogP contribution in [0.15, 0.2) is 41.5 Å². The van der Waals surface area contributed by atoms with E-state index in [0.29, 0.717) is 5.56 Å². The zero-order valence-corrected chi connectivity index (χ0v) is 16.6. The molecule has 2 aromatic rings. The summed E-state index contributed by atoms with van der Waals surface area (Å²) >= 11 is 1.32. The molecule has 0 bridgehead atoms. The molecule has 0 radical (unpaired) electrons. The van der Waals surface area contributed by atoms with Crippen molar-refractivity contribution in [3.63, 3.8) is 0 Å². The maximum atomic E-state index is 14.7. The number of hydrogen-bond acceptors (Lipinski definition) is 6. The number of nitriles is 1. The highest BCUT2D eigenvalue weighted by atomic mass is 32.2. The number of nitrogens with zero attached hydrogens (tertiary/aromatic N) is 3. The lowest BCUT2D eigenvalue weighted by molar-refractivity contribution is 0.102. The number of rotatable bonds is 4. The molecular weight excluding hydrogens is 396 g/mol. The number of hydrogen-bond donors (Lipinski definition) is 2. The van der Waals surface area contributed by atoms with Crippen LogP contribution < -0.4 is 11.1 Å². The van der Waals surface area contributed by atoms with E-state index in [1.165, 1.54) is 48.3 Å². The first-order valence-corrected chi connectivity index (χ1v) is 9.74. The predicted octanol–water partition coefficient (Wildman–Crippen LogP) is 3.60. The second-order valence-corrected chi connectivity index (χ2v) is 8.21. The largest absolute Gasteiger partial charge is 0.379 e. The van der Waals surface area contributed by atoms with Crippen molar-refractivity contribution in [1.29, 1.82) is 5.26 Å². The summed E-state index contributed by atoms with van der Waals surface area (Å²) in [5.74, 6) is -1.49. The van der Waals surface area contributed by atoms with Crippen molar-refractivity contribution in [3.05, 3.63) is 59.2 Å². The second kappa shape index (κ2) is 8.17. The number of nitrogens with one attached hydrogen (secondary N) is 1. The van der Waals surface area contributed by atoms with Crippen molar-refractivity contribution in [2.45, 2.75) is 24.6 Å². The van der Waals surface area contributed by atoms with Crippen LogP contribution in [-0.4, -0.2) is 28.0 Å². The molecular formula is C20H19F2N5OS. The number of halogens is 2. The van der Waals surface area contributed by atoms with Gasteiger partial charge in [-0.3, -0.25) is 4.79 Å². The highest BCUT2D eigenvalue weighted by Crippen LogP contribution is 2.45. The fourth-order valence-corrected chi connectivity index (χ4v) is 4.28. The van der Waals surface area contributed by atoms with Gasteiger partial charge < -0.3 is 11.1 Å². The lowest BCUT2D eigenvalue weighted by atomic mass is 9.78. The van der Waals surface area contributed by atoms with Crippen molar-refractivity contribution in [3.8, 4) is 6.07 Å². The minimum absolute atomic E-state index is 0.0354. The van der Waals surface area contributed by atoms with E-state index in [2.05, 4.69) is 15.3 Å². The minimum Gasteiger partial charge on any atom is -0.379 e. The van der Waals surface area contributed by atoms with Gasteiger partial charge in [0, 0.05) is 28.6 Å². The van der Waals surface area contributed by atoms with Crippen molar-refractivity contribution in [1.82, 2.24) is 4.98 Å². The number of thioether (sulfide) groups is 1. The van der Waals surface area contributed by atoms with Gasteiger partial charge >= 0.3 is 0 Å². The first-order chi connectivity index (χ1) is 13.8. The predicted molar refractivity (Wildman–Crippen MR) is 109 cm³/mol. The Morgan fingerprint density at radius 2 is 2.14 bits per heavy atom. The Hall–Kier alpha value is -2.99. The number of aromatic nitrogens is 1. The molecule has 9 heteroatoms. The first kappa shape index (κ1) is 20.7. The Balaban J connectivity index is 1.96. The van der Waals surface area contributed by atoms with Crippen LogP contribution in [0.3, 0.4) is 0 Å². The van der Waals surface area contributed by atoms with Gasteiger partial charge in [-0.1, -0.05) is 25.6 Å². The normalized spacial score (nSPS) is 23.8. The smallest absolute Gasteiger partial charge is 0.274 e. The van der Waals surface area contributed by atoms with E-state index in [4.69, 9.17) is 11.0 Å². The van der Waals surface area contributed by atoms with Gasteiger partial charge in [0.05, 0.1) is 5.56 Å². The van der Waals surface area contributed by atoms with Crippen molar-refractivity contribution >= 4 is 28.5 Å². The summed E-state index contributed by atoms with van der Waals surface area (Å²) in [4.78, 5) is 20.6. The van der Waals surface area contributed by atoms with Crippen LogP contribution in [0.2, 0.25) is 0 Å². The molecule has 1 amide bonds. The van der Waals surface area contributed by atoms with Crippen LogP contribution in [0.1, 0.15) is 35.5 Å². The summed E-state index contributed by atoms with van der Waals surface area (Å²) in [6.45, 7) is 2.77. The number of carbonyl (C=O) groups is 1. The van der Waals surface area contributed by atoms with Crippen LogP contribution in [0.4, 0.5) is 14.5 Å². The number of nitrogens with two attached hydrogens (primary N) is 1. The summed E-state index contributed by atoms with van der Waals surface area (Å²) in [5, 5.41) is 11.6. The topological polar surface area (TPSA) is 104 Å². The summed E-state index contributed by atoms with van der Waals surface area (Å²) < 4.78 is 29.0. The lowest BCUT2D eigenvalue weighted by Crippen LogP contribution is -2.44. The molecule has 1 aliphatic rings. The minimum atomic E-state index is -1.47. The van der Waals surface area contributed by atoms with E-state index in [1.54, 1.807) is 6.92 Å². The van der Waals surface area contributed by atoms with E-state index < -0.39 is 23.9 Å². The Morgan fingerprint density at radius 1 is 1.38 bits per heavy atom. The maximum Gasteiger partial charge on any atom is 0.274 e. The van der Waals surface area contributed by atoms with Crippen LogP contribution in [0, 0.1) is 23.1 Å². The zero-order valence-electron chi connectivity index (χ0n) is 15.8. The molecule has 29 heavy (non-hydrogen) atoms. The molecule has 0 spiro atoms. The second-order valence-electron chi connectivity index (χ2n) is 6.81. The van der Waals surface area contributed by atoms with Gasteiger partial charge in [-0.2, -0.15) is 5.26 Å². The number of anilines is 1. The standard InChI is InChI=1S/C20H19F2N5OS/c1-11-12(2)29-19(24)27-20(11,10-21)15-7-14(4-5-16(15)22)26-18(28)17-6-3-13(8-23)9-25-17/h3-7,9,11-12H,10H2,1-2H3,(H2,24,27)(H,26,28)/t11-,12+,20+/m1/s1. The third kappa shape index (κ3) is 3.93. The van der Waals surface area contributed by atoms with Crippen LogP contribution in [-0.2, 0) is 5.54 Å². The van der Waals surface area contributed by atoms with E-state index in [0.717, 1.165) is 0 Å². The molecule has 1 aliphatic heterocycles. The van der Waals surface area contributed by atoms with Crippen molar-refractivity contribution in [2.24, 2.45) is 16.6 Å². The van der Waals surface area contributed by atoms with E-state index in [-0.39, 0.29) is 33.3 Å². The summed E-state index contributed by atoms with van der Waals surface area (Å²) in [6.07, 6.45) is 1.28. The summed E-state index contributed by atoms with van der Waals surface area (Å²) in [6, 6.07) is 8.73. The number of amides is 1. The molecule has 1 aromatic heterocycles. The Labute approximate surface area is 171 Å². The number of carbonyl (C=O) groups excluding carboxylic acids is 1. The first-order valence-electron chi connectivity index (χ1n) is 8.86. The molecule has 3 rings (SSSR count). The zero-order chi connectivity index (χ0) is 21.2. The van der Waals surface area contributed by atoms with E-state index in [9.17, 15) is 13.6 Å². The van der Waals surface area contributed by atoms with Gasteiger partial charge in [0.2, 0.25) is 0 Å². The molecule has 0 unspecified atom stereocenters. The average Bonchev–Trinajstić information content (AvgIpc) is 2.72. The molecule has 1 aromatic carbocycles. The fraction of sp³-hybridized carbons (Fsp3) is 0.300. The van der Waals surface area contributed by atoms with Gasteiger partial charge in [0.1, 0.15) is 29.8 Å². The Bertz CT molecular complexity index is 1000. The van der Waals surface area contributed by atoms with Gasteiger partial charge in [-0.05, 0) is 30.3 Å². The molecule has 2 heterocycles. The third-order valence-electron chi connectivity index (χ3n) is 5.09. The summed E-state index contributed by atoms with van der Waals surface area (Å²) in [7, 11) is 0. The summed E-state index contributed by atoms with van der Waals surface area (Å²) in [5.41, 5.74) is 5.13. The number of amidine groups is 1. The van der Waals surface area contributed by atoms with Crippen LogP contribution in [0.5, 0.6) is 0 Å². The molecule has 0 saturated carbocycles. The van der Waals surface area contributed by atoms with Crippen LogP contribution in [0.25, 0.3) is 0 Å². The van der Waals surface area contributed by atoms with Gasteiger partial charge in [0.15, 0.2) is 5.17 Å². The Kier molecular flexibility index (Phi) is 5.84.